The van der Waals surface area contributed by atoms with Crippen LogP contribution in [0.5, 0.6) is 0 Å². The van der Waals surface area contributed by atoms with Gasteiger partial charge in [-0.25, -0.2) is 48.7 Å². The van der Waals surface area contributed by atoms with Gasteiger partial charge in [0.1, 0.15) is 46.8 Å². The number of nitrogens with one attached hydrogen (secondary N) is 6. The number of esters is 4. The summed E-state index contributed by atoms with van der Waals surface area (Å²) < 4.78 is 44.7. The van der Waals surface area contributed by atoms with Crippen LogP contribution in [0, 0.1) is 0 Å². The summed E-state index contributed by atoms with van der Waals surface area (Å²) in [4.78, 5) is 146. The second kappa shape index (κ2) is 55.1. The van der Waals surface area contributed by atoms with Gasteiger partial charge in [0.05, 0.1) is 51.3 Å². The number of carboxylic acid groups (broad SMARTS) is 1. The van der Waals surface area contributed by atoms with Gasteiger partial charge in [-0.05, 0) is 169 Å². The molecule has 2 aliphatic carbocycles. The van der Waals surface area contributed by atoms with E-state index in [-0.39, 0.29) is 105 Å². The number of ether oxygens (including phenoxy) is 9. The van der Waals surface area contributed by atoms with Gasteiger partial charge < -0.3 is 87.9 Å². The Morgan fingerprint density at radius 3 is 0.733 bits per heavy atom. The van der Waals surface area contributed by atoms with E-state index in [0.29, 0.717) is 13.2 Å². The zero-order valence-corrected chi connectivity index (χ0v) is 73.3. The summed E-state index contributed by atoms with van der Waals surface area (Å²) in [6.45, 7) is 34.5. The molecular formula is C79H121Cl2N17O22. The van der Waals surface area contributed by atoms with Crippen LogP contribution < -0.4 is 72.0 Å². The van der Waals surface area contributed by atoms with Gasteiger partial charge in [0.15, 0.2) is 5.96 Å². The molecule has 39 nitrogen and oxygen atoms in total. The Hall–Kier alpha value is -11.8. The lowest BCUT2D eigenvalue weighted by molar-refractivity contribution is -0.152. The third kappa shape index (κ3) is 55.0. The molecule has 0 aromatic heterocycles. The van der Waals surface area contributed by atoms with Gasteiger partial charge in [0.2, 0.25) is 23.8 Å². The number of amides is 7. The molecule has 21 N–H and O–H groups in total. The summed E-state index contributed by atoms with van der Waals surface area (Å²) in [5.41, 5.74) is 41.1. The summed E-state index contributed by atoms with van der Waals surface area (Å²) in [5, 5.41) is 21.9. The third-order valence-corrected chi connectivity index (χ3v) is 12.9. The second-order valence-electron chi connectivity index (χ2n) is 30.5. The molecule has 1 aliphatic heterocycles. The van der Waals surface area contributed by atoms with Gasteiger partial charge >= 0.3 is 66.4 Å². The molecule has 3 aliphatic rings. The minimum absolute atomic E-state index is 0.0394. The van der Waals surface area contributed by atoms with Crippen LogP contribution >= 0.6 is 23.2 Å². The molecule has 4 aromatic carbocycles. The highest BCUT2D eigenvalue weighted by atomic mass is 35.5. The van der Waals surface area contributed by atoms with Crippen LogP contribution in [0.1, 0.15) is 198 Å². The molecule has 1 saturated heterocycles. The molecule has 0 bridgehead atoms. The smallest absolute Gasteiger partial charge is 0.414 e. The van der Waals surface area contributed by atoms with E-state index in [1.807, 2.05) is 48.5 Å². The fourth-order valence-corrected chi connectivity index (χ4v) is 9.06. The number of carbonyl (C=O) groups is 12. The Bertz CT molecular complexity index is 3620. The molecule has 0 atom stereocenters. The number of alkyl halides is 2. The predicted octanol–water partition coefficient (Wildman–Crippen LogP) is 9.43. The number of hydrogen-bond donors (Lipinski definition) is 14. The Balaban J connectivity index is 0. The van der Waals surface area contributed by atoms with Gasteiger partial charge in [-0.2, -0.15) is 0 Å². The summed E-state index contributed by atoms with van der Waals surface area (Å²) in [7, 11) is 0. The maximum atomic E-state index is 11.6. The normalized spacial score (nSPS) is 11.8. The number of primary amides is 1. The lowest BCUT2D eigenvalue weighted by atomic mass is 9.98. The van der Waals surface area contributed by atoms with E-state index in [2.05, 4.69) is 111 Å². The average molecular weight is 1730 g/mol. The number of aliphatic carboxylic acids is 1. The lowest BCUT2D eigenvalue weighted by Crippen LogP contribution is -2.47. The summed E-state index contributed by atoms with van der Waals surface area (Å²) in [6.07, 6.45) is -4.22. The number of nitrogens with two attached hydrogens (primary N) is 7. The van der Waals surface area contributed by atoms with Crippen LogP contribution in [0.15, 0.2) is 117 Å². The maximum absolute atomic E-state index is 11.6. The number of carbonyl (C=O) groups excluding carboxylic acids is 11. The van der Waals surface area contributed by atoms with Crippen molar-refractivity contribution in [3.05, 3.63) is 119 Å². The minimum Gasteiger partial charge on any atom is -0.481 e. The number of benzene rings is 4. The van der Waals surface area contributed by atoms with Crippen molar-refractivity contribution in [2.45, 2.75) is 210 Å². The van der Waals surface area contributed by atoms with Crippen molar-refractivity contribution >= 4 is 119 Å². The molecule has 0 spiro atoms. The van der Waals surface area contributed by atoms with Crippen molar-refractivity contribution in [3.8, 4) is 22.3 Å². The van der Waals surface area contributed by atoms with Crippen LogP contribution in [0.25, 0.3) is 22.3 Å². The van der Waals surface area contributed by atoms with Crippen molar-refractivity contribution in [2.24, 2.45) is 60.1 Å². The molecule has 120 heavy (non-hydrogen) atoms. The Kier molecular flexibility index (Phi) is 50.6. The van der Waals surface area contributed by atoms with Crippen molar-refractivity contribution in [1.29, 1.82) is 0 Å². The van der Waals surface area contributed by atoms with Crippen molar-refractivity contribution in [3.63, 3.8) is 0 Å². The first-order valence-electron chi connectivity index (χ1n) is 36.9. The lowest BCUT2D eigenvalue weighted by Gasteiger charge is -2.22. The summed E-state index contributed by atoms with van der Waals surface area (Å²) in [6, 6.07) is 33.3. The topological polar surface area (TPSA) is 612 Å². The van der Waals surface area contributed by atoms with Crippen LogP contribution in [-0.4, -0.2) is 180 Å². The molecule has 7 rings (SSSR count). The number of carboxylic acids is 1. The molecule has 668 valence electrons. The van der Waals surface area contributed by atoms with E-state index >= 15 is 0 Å². The zero-order chi connectivity index (χ0) is 92.5. The molecule has 7 amide bonds. The number of aliphatic imine (C=N–C) groups is 4. The standard InChI is InChI=1S/2C16H14O2.3C12H24N4O4.C4H7NO3.C4H4O3.C2H8N4.CH2Cl2/c2*1-11(17)18-10-16-14-8-4-2-6-12(14)13-7-3-5-9-15(13)16;3*1-11(2,3)19-9(17)15-8(14-7-13)16-10(18)20-12(4,5)6;5-3(6)1-2-4(7)8;5-3-1-2-4(6)7-3;3-1-6-2(4)5;2-1-3/h2*2-9,16H,10H2,1H3;3*7,13H2,1-6H3,(H2,14,15,16,17,18);1-2H2,(H2,5,6)(H,7,8);1-2H2;1,3H2,(H4,4,5,6);1H2. The van der Waals surface area contributed by atoms with Crippen LogP contribution in [-0.2, 0) is 71.4 Å². The fourth-order valence-electron chi connectivity index (χ4n) is 9.06. The third-order valence-electron chi connectivity index (χ3n) is 12.9. The number of fused-ring (bicyclic) bond motifs is 6. The number of cyclic esters (lactones) is 2. The predicted molar refractivity (Wildman–Crippen MR) is 454 cm³/mol. The van der Waals surface area contributed by atoms with Gasteiger partial charge in [-0.15, -0.1) is 23.2 Å². The van der Waals surface area contributed by atoms with Gasteiger partial charge in [0.25, 0.3) is 0 Å². The Morgan fingerprint density at radius 1 is 0.392 bits per heavy atom. The largest absolute Gasteiger partial charge is 0.481 e. The van der Waals surface area contributed by atoms with E-state index in [0.717, 1.165) is 0 Å². The maximum Gasteiger partial charge on any atom is 0.414 e. The SMILES string of the molecule is CC(=O)OCC1c2ccccc2-c2ccccc21.CC(=O)OCC1c2ccccc2-c2ccccc21.CC(C)(C)OC(=O)NC(=NCN)NC(=O)OC(C)(C)C.CC(C)(C)OC(=O)NC(=NCN)NC(=O)OC(C)(C)C.CC(C)(C)OC(=O)NC(=NCN)NC(=O)OC(C)(C)C.ClCCl.NC(=O)CCC(=O)O.NCN=C(N)N.O=C1CCC(=O)O1. The molecule has 0 unspecified atom stereocenters. The second-order valence-corrected chi connectivity index (χ2v) is 31.3. The number of rotatable bonds is 11. The van der Waals surface area contributed by atoms with E-state index in [1.54, 1.807) is 125 Å². The number of hydrogen-bond acceptors (Lipinski definition) is 29. The molecular weight excluding hydrogens is 1610 g/mol. The molecule has 0 radical (unpaired) electrons. The fraction of sp³-hybridized carbons (Fsp3) is 0.494. The van der Waals surface area contributed by atoms with Crippen molar-refractivity contribution < 1.29 is 105 Å². The van der Waals surface area contributed by atoms with E-state index in [4.69, 9.17) is 101 Å². The Labute approximate surface area is 709 Å². The van der Waals surface area contributed by atoms with Crippen LogP contribution in [0.4, 0.5) is 28.8 Å². The summed E-state index contributed by atoms with van der Waals surface area (Å²) in [5.74, 6) is -2.83. The molecule has 41 heteroatoms. The van der Waals surface area contributed by atoms with Gasteiger partial charge in [-0.3, -0.25) is 60.7 Å². The first-order valence-corrected chi connectivity index (χ1v) is 38.0. The highest BCUT2D eigenvalue weighted by molar-refractivity contribution is 6.40. The van der Waals surface area contributed by atoms with Crippen LogP contribution in [0.3, 0.4) is 0 Å². The van der Waals surface area contributed by atoms with Gasteiger partial charge in [-0.1, -0.05) is 97.1 Å². The molecule has 4 aromatic rings. The quantitative estimate of drug-likeness (QED) is 0.0166. The van der Waals surface area contributed by atoms with E-state index in [1.165, 1.54) is 58.4 Å². The van der Waals surface area contributed by atoms with E-state index in [9.17, 15) is 57.5 Å². The van der Waals surface area contributed by atoms with Gasteiger partial charge in [0, 0.05) is 32.1 Å². The first-order chi connectivity index (χ1) is 55.4. The number of alkyl carbamates (subject to hydrolysis) is 6. The number of nitrogens with zero attached hydrogens (tertiary/aromatic N) is 4. The average Bonchev–Trinajstić information content (AvgIpc) is 1.62. The highest BCUT2D eigenvalue weighted by Crippen LogP contribution is 2.46. The first kappa shape index (κ1) is 110. The van der Waals surface area contributed by atoms with Crippen molar-refractivity contribution in [1.82, 2.24) is 31.9 Å². The minimum atomic E-state index is -0.996. The molecule has 0 saturated carbocycles. The summed E-state index contributed by atoms with van der Waals surface area (Å²) >= 11 is 9.53. The molecule has 1 fully saturated rings. The number of guanidine groups is 4. The van der Waals surface area contributed by atoms with E-state index < -0.39 is 94.0 Å². The van der Waals surface area contributed by atoms with Crippen molar-refractivity contribution in [2.75, 3.05) is 45.2 Å². The molecule has 1 heterocycles. The zero-order valence-electron chi connectivity index (χ0n) is 71.8. The Morgan fingerprint density at radius 2 is 0.600 bits per heavy atom. The van der Waals surface area contributed by atoms with Crippen LogP contribution in [0.2, 0.25) is 0 Å². The number of halogens is 2. The highest BCUT2D eigenvalue weighted by Gasteiger charge is 2.31. The monoisotopic (exact) mass is 1730 g/mol.